The van der Waals surface area contributed by atoms with Crippen molar-refractivity contribution in [2.24, 2.45) is 10.9 Å². The van der Waals surface area contributed by atoms with Crippen LogP contribution >= 0.6 is 35.3 Å². The van der Waals surface area contributed by atoms with Gasteiger partial charge in [-0.05, 0) is 25.2 Å². The molecule has 0 aromatic carbocycles. The molecule has 1 aromatic heterocycles. The van der Waals surface area contributed by atoms with Gasteiger partial charge in [-0.1, -0.05) is 13.8 Å². The van der Waals surface area contributed by atoms with E-state index >= 15 is 0 Å². The second kappa shape index (κ2) is 13.5. The fourth-order valence-corrected chi connectivity index (χ4v) is 3.61. The molecule has 2 N–H and O–H groups in total. The molecule has 8 heteroatoms. The number of ether oxygens (including phenoxy) is 1. The van der Waals surface area contributed by atoms with Crippen molar-refractivity contribution in [3.05, 3.63) is 11.1 Å². The molecule has 0 atom stereocenters. The number of aromatic nitrogens is 1. The van der Waals surface area contributed by atoms with Crippen molar-refractivity contribution < 1.29 is 4.74 Å². The van der Waals surface area contributed by atoms with Gasteiger partial charge in [-0.25, -0.2) is 4.98 Å². The quantitative estimate of drug-likeness (QED) is 0.226. The van der Waals surface area contributed by atoms with E-state index in [9.17, 15) is 0 Å². The third kappa shape index (κ3) is 8.85. The van der Waals surface area contributed by atoms with Gasteiger partial charge in [-0.15, -0.1) is 35.3 Å². The van der Waals surface area contributed by atoms with Crippen LogP contribution in [0.1, 0.15) is 38.8 Å². The molecule has 0 bridgehead atoms. The van der Waals surface area contributed by atoms with E-state index in [1.807, 2.05) is 0 Å². The van der Waals surface area contributed by atoms with E-state index in [-0.39, 0.29) is 24.0 Å². The van der Waals surface area contributed by atoms with Crippen molar-refractivity contribution >= 4 is 46.4 Å². The van der Waals surface area contributed by atoms with Crippen molar-refractivity contribution in [3.8, 4) is 0 Å². The summed E-state index contributed by atoms with van der Waals surface area (Å²) in [5, 5.41) is 10.0. The highest BCUT2D eigenvalue weighted by Gasteiger charge is 2.15. The SMILES string of the molecule is CN=C(NCCCOCC(C)C)NCCc1csc(N2CCCC2)n1.I. The van der Waals surface area contributed by atoms with Crippen LogP contribution in [0.15, 0.2) is 10.4 Å². The van der Waals surface area contributed by atoms with E-state index in [0.717, 1.165) is 63.9 Å². The lowest BCUT2D eigenvalue weighted by atomic mass is 10.2. The van der Waals surface area contributed by atoms with Gasteiger partial charge >= 0.3 is 0 Å². The van der Waals surface area contributed by atoms with Crippen molar-refractivity contribution in [3.63, 3.8) is 0 Å². The summed E-state index contributed by atoms with van der Waals surface area (Å²) >= 11 is 1.76. The average molecular weight is 495 g/mol. The third-order valence-corrected chi connectivity index (χ3v) is 4.97. The Morgan fingerprint density at radius 3 is 2.73 bits per heavy atom. The lowest BCUT2D eigenvalue weighted by Crippen LogP contribution is -2.39. The summed E-state index contributed by atoms with van der Waals surface area (Å²) in [5.74, 6) is 1.44. The molecule has 0 aliphatic carbocycles. The summed E-state index contributed by atoms with van der Waals surface area (Å²) in [7, 11) is 1.80. The minimum absolute atomic E-state index is 0. The highest BCUT2D eigenvalue weighted by molar-refractivity contribution is 14.0. The first-order chi connectivity index (χ1) is 12.2. The number of nitrogens with zero attached hydrogens (tertiary/aromatic N) is 3. The molecule has 0 radical (unpaired) electrons. The van der Waals surface area contributed by atoms with Crippen molar-refractivity contribution in [2.75, 3.05) is 51.3 Å². The van der Waals surface area contributed by atoms with Crippen molar-refractivity contribution in [1.82, 2.24) is 15.6 Å². The van der Waals surface area contributed by atoms with Crippen LogP contribution in [0.5, 0.6) is 0 Å². The minimum atomic E-state index is 0. The number of halogens is 1. The predicted octanol–water partition coefficient (Wildman–Crippen LogP) is 3.13. The Labute approximate surface area is 179 Å². The fraction of sp³-hybridized carbons (Fsp3) is 0.778. The van der Waals surface area contributed by atoms with Gasteiger partial charge in [0.1, 0.15) is 0 Å². The van der Waals surface area contributed by atoms with E-state index in [4.69, 9.17) is 9.72 Å². The second-order valence-electron chi connectivity index (χ2n) is 6.81. The zero-order chi connectivity index (χ0) is 17.9. The maximum absolute atomic E-state index is 5.58. The number of aliphatic imine (C=N–C) groups is 1. The Morgan fingerprint density at radius 2 is 2.04 bits per heavy atom. The molecule has 2 rings (SSSR count). The Hall–Kier alpha value is -0.610. The molecule has 1 aromatic rings. The number of thiazole rings is 1. The van der Waals surface area contributed by atoms with Crippen molar-refractivity contribution in [2.45, 2.75) is 39.5 Å². The van der Waals surface area contributed by atoms with Gasteiger partial charge in [0.05, 0.1) is 5.69 Å². The number of hydrogen-bond donors (Lipinski definition) is 2. The number of nitrogens with one attached hydrogen (secondary N) is 2. The van der Waals surface area contributed by atoms with Crippen LogP contribution in [0, 0.1) is 5.92 Å². The predicted molar refractivity (Wildman–Crippen MR) is 122 cm³/mol. The van der Waals surface area contributed by atoms with Gasteiger partial charge < -0.3 is 20.3 Å². The summed E-state index contributed by atoms with van der Waals surface area (Å²) in [6, 6.07) is 0. The monoisotopic (exact) mass is 495 g/mol. The molecular weight excluding hydrogens is 461 g/mol. The number of rotatable bonds is 10. The third-order valence-electron chi connectivity index (χ3n) is 4.02. The molecule has 0 spiro atoms. The zero-order valence-electron chi connectivity index (χ0n) is 16.3. The Bertz CT molecular complexity index is 517. The van der Waals surface area contributed by atoms with Crippen LogP contribution in [0.3, 0.4) is 0 Å². The van der Waals surface area contributed by atoms with Crippen LogP contribution in [0.4, 0.5) is 5.13 Å². The largest absolute Gasteiger partial charge is 0.381 e. The molecule has 6 nitrogen and oxygen atoms in total. The summed E-state index contributed by atoms with van der Waals surface area (Å²) in [5.41, 5.74) is 1.16. The van der Waals surface area contributed by atoms with E-state index in [1.165, 1.54) is 18.0 Å². The summed E-state index contributed by atoms with van der Waals surface area (Å²) < 4.78 is 5.58. The molecule has 2 heterocycles. The van der Waals surface area contributed by atoms with Crippen LogP contribution in [0.2, 0.25) is 0 Å². The first-order valence-corrected chi connectivity index (χ1v) is 10.3. The van der Waals surface area contributed by atoms with Gasteiger partial charge in [0, 0.05) is 58.2 Å². The maximum atomic E-state index is 5.58. The lowest BCUT2D eigenvalue weighted by Gasteiger charge is -2.13. The zero-order valence-corrected chi connectivity index (χ0v) is 19.4. The molecule has 1 aliphatic rings. The van der Waals surface area contributed by atoms with Gasteiger partial charge in [0.15, 0.2) is 11.1 Å². The standard InChI is InChI=1S/C18H33N5OS.HI/c1-15(2)13-24-12-6-8-20-17(19-3)21-9-7-16-14-25-18(22-16)23-10-4-5-11-23;/h14-15H,4-13H2,1-3H3,(H2,19,20,21);1H. The van der Waals surface area contributed by atoms with Crippen LogP contribution in [-0.2, 0) is 11.2 Å². The molecule has 1 fully saturated rings. The van der Waals surface area contributed by atoms with Gasteiger partial charge in [-0.2, -0.15) is 0 Å². The number of anilines is 1. The van der Waals surface area contributed by atoms with E-state index in [2.05, 4.69) is 39.8 Å². The summed E-state index contributed by atoms with van der Waals surface area (Å²) in [6.07, 6.45) is 4.49. The van der Waals surface area contributed by atoms with Crippen LogP contribution in [-0.4, -0.2) is 57.4 Å². The van der Waals surface area contributed by atoms with Gasteiger partial charge in [0.25, 0.3) is 0 Å². The maximum Gasteiger partial charge on any atom is 0.190 e. The molecule has 0 saturated carbocycles. The topological polar surface area (TPSA) is 61.8 Å². The highest BCUT2D eigenvalue weighted by Crippen LogP contribution is 2.24. The van der Waals surface area contributed by atoms with E-state index in [1.54, 1.807) is 18.4 Å². The molecule has 1 aliphatic heterocycles. The smallest absolute Gasteiger partial charge is 0.190 e. The number of hydrogen-bond acceptors (Lipinski definition) is 5. The minimum Gasteiger partial charge on any atom is -0.381 e. The normalized spacial score (nSPS) is 14.6. The van der Waals surface area contributed by atoms with E-state index < -0.39 is 0 Å². The first-order valence-electron chi connectivity index (χ1n) is 9.40. The molecule has 0 amide bonds. The molecule has 26 heavy (non-hydrogen) atoms. The van der Waals surface area contributed by atoms with Crippen molar-refractivity contribution in [1.29, 1.82) is 0 Å². The Balaban J connectivity index is 0.00000338. The number of guanidine groups is 1. The van der Waals surface area contributed by atoms with Gasteiger partial charge in [-0.3, -0.25) is 4.99 Å². The highest BCUT2D eigenvalue weighted by atomic mass is 127. The molecule has 150 valence electrons. The molecular formula is C18H34IN5OS. The summed E-state index contributed by atoms with van der Waals surface area (Å²) in [4.78, 5) is 11.4. The van der Waals surface area contributed by atoms with Gasteiger partial charge in [0.2, 0.25) is 0 Å². The summed E-state index contributed by atoms with van der Waals surface area (Å²) in [6.45, 7) is 9.98. The first kappa shape index (κ1) is 23.4. The molecule has 0 unspecified atom stereocenters. The van der Waals surface area contributed by atoms with E-state index in [0.29, 0.717) is 5.92 Å². The fourth-order valence-electron chi connectivity index (χ4n) is 2.69. The Kier molecular flexibility index (Phi) is 12.2. The lowest BCUT2D eigenvalue weighted by molar-refractivity contribution is 0.108. The second-order valence-corrected chi connectivity index (χ2v) is 7.65. The van der Waals surface area contributed by atoms with Crippen LogP contribution in [0.25, 0.3) is 0 Å². The average Bonchev–Trinajstić information content (AvgIpc) is 3.27. The van der Waals surface area contributed by atoms with Crippen LogP contribution < -0.4 is 15.5 Å². The Morgan fingerprint density at radius 1 is 1.31 bits per heavy atom. The molecule has 1 saturated heterocycles.